The predicted octanol–water partition coefficient (Wildman–Crippen LogP) is 2.31. The second-order valence-electron chi connectivity index (χ2n) is 3.49. The summed E-state index contributed by atoms with van der Waals surface area (Å²) in [5.74, 6) is 0. The minimum atomic E-state index is 0.273. The van der Waals surface area contributed by atoms with Crippen LogP contribution in [0.1, 0.15) is 25.0 Å². The van der Waals surface area contributed by atoms with Crippen molar-refractivity contribution >= 4 is 0 Å². The number of nitrogens with zero attached hydrogens (tertiary/aromatic N) is 1. The maximum Gasteiger partial charge on any atom is 0.0404 e. The van der Waals surface area contributed by atoms with Gasteiger partial charge in [-0.05, 0) is 37.8 Å². The van der Waals surface area contributed by atoms with Crippen molar-refractivity contribution in [3.05, 3.63) is 42.7 Å². The monoisotopic (exact) mass is 190 g/mol. The van der Waals surface area contributed by atoms with Crippen molar-refractivity contribution in [2.45, 2.75) is 31.7 Å². The molecule has 1 atom stereocenters. The third kappa shape index (κ3) is 4.19. The van der Waals surface area contributed by atoms with Crippen LogP contribution in [0.3, 0.4) is 0 Å². The SMILES string of the molecule is C=CCCC(N)CCc1ccccn1. The molecule has 14 heavy (non-hydrogen) atoms. The quantitative estimate of drug-likeness (QED) is 0.699. The molecule has 0 radical (unpaired) electrons. The van der Waals surface area contributed by atoms with Gasteiger partial charge in [0.05, 0.1) is 0 Å². The molecule has 0 spiro atoms. The maximum absolute atomic E-state index is 5.93. The van der Waals surface area contributed by atoms with E-state index in [0.29, 0.717) is 0 Å². The van der Waals surface area contributed by atoms with Gasteiger partial charge < -0.3 is 5.73 Å². The molecule has 2 nitrogen and oxygen atoms in total. The summed E-state index contributed by atoms with van der Waals surface area (Å²) in [7, 11) is 0. The first-order chi connectivity index (χ1) is 6.83. The fourth-order valence-electron chi connectivity index (χ4n) is 1.36. The molecule has 0 bridgehead atoms. The lowest BCUT2D eigenvalue weighted by molar-refractivity contribution is 0.570. The van der Waals surface area contributed by atoms with Crippen LogP contribution in [0.5, 0.6) is 0 Å². The van der Waals surface area contributed by atoms with E-state index >= 15 is 0 Å². The van der Waals surface area contributed by atoms with E-state index < -0.39 is 0 Å². The molecular formula is C12H18N2. The molecule has 0 amide bonds. The highest BCUT2D eigenvalue weighted by atomic mass is 14.7. The predicted molar refractivity (Wildman–Crippen MR) is 60.0 cm³/mol. The fraction of sp³-hybridized carbons (Fsp3) is 0.417. The number of aromatic nitrogens is 1. The molecule has 1 unspecified atom stereocenters. The molecule has 0 aliphatic rings. The Balaban J connectivity index is 2.23. The van der Waals surface area contributed by atoms with Gasteiger partial charge in [0.25, 0.3) is 0 Å². The van der Waals surface area contributed by atoms with E-state index in [-0.39, 0.29) is 6.04 Å². The van der Waals surface area contributed by atoms with E-state index in [1.54, 1.807) is 0 Å². The number of hydrogen-bond donors (Lipinski definition) is 1. The fourth-order valence-corrected chi connectivity index (χ4v) is 1.36. The van der Waals surface area contributed by atoms with Gasteiger partial charge in [-0.3, -0.25) is 4.98 Å². The molecule has 1 rings (SSSR count). The van der Waals surface area contributed by atoms with Gasteiger partial charge in [-0.1, -0.05) is 12.1 Å². The molecule has 0 aromatic carbocycles. The molecule has 0 saturated heterocycles. The van der Waals surface area contributed by atoms with Crippen LogP contribution in [0.2, 0.25) is 0 Å². The Kier molecular flexibility index (Phi) is 4.94. The van der Waals surface area contributed by atoms with Gasteiger partial charge in [-0.25, -0.2) is 0 Å². The minimum Gasteiger partial charge on any atom is -0.328 e. The summed E-state index contributed by atoms with van der Waals surface area (Å²) in [4.78, 5) is 4.26. The summed E-state index contributed by atoms with van der Waals surface area (Å²) in [6, 6.07) is 6.26. The molecular weight excluding hydrogens is 172 g/mol. The van der Waals surface area contributed by atoms with Crippen molar-refractivity contribution < 1.29 is 0 Å². The summed E-state index contributed by atoms with van der Waals surface area (Å²) >= 11 is 0. The average Bonchev–Trinajstić information content (AvgIpc) is 2.25. The summed E-state index contributed by atoms with van der Waals surface area (Å²) in [6.07, 6.45) is 7.74. The van der Waals surface area contributed by atoms with Crippen molar-refractivity contribution in [1.82, 2.24) is 4.98 Å². The van der Waals surface area contributed by atoms with E-state index in [1.165, 1.54) is 0 Å². The number of aryl methyl sites for hydroxylation is 1. The lowest BCUT2D eigenvalue weighted by Gasteiger charge is -2.09. The molecule has 1 aromatic rings. The van der Waals surface area contributed by atoms with Gasteiger partial charge in [0.15, 0.2) is 0 Å². The number of hydrogen-bond acceptors (Lipinski definition) is 2. The largest absolute Gasteiger partial charge is 0.328 e. The lowest BCUT2D eigenvalue weighted by Crippen LogP contribution is -2.20. The van der Waals surface area contributed by atoms with Gasteiger partial charge >= 0.3 is 0 Å². The summed E-state index contributed by atoms with van der Waals surface area (Å²) in [6.45, 7) is 3.68. The highest BCUT2D eigenvalue weighted by Gasteiger charge is 2.01. The van der Waals surface area contributed by atoms with Crippen LogP contribution < -0.4 is 5.73 Å². The normalized spacial score (nSPS) is 12.4. The van der Waals surface area contributed by atoms with E-state index in [0.717, 1.165) is 31.4 Å². The van der Waals surface area contributed by atoms with Gasteiger partial charge in [0, 0.05) is 17.9 Å². The van der Waals surface area contributed by atoms with Gasteiger partial charge in [-0.2, -0.15) is 0 Å². The number of nitrogens with two attached hydrogens (primary N) is 1. The third-order valence-corrected chi connectivity index (χ3v) is 2.24. The van der Waals surface area contributed by atoms with Gasteiger partial charge in [0.1, 0.15) is 0 Å². The van der Waals surface area contributed by atoms with Crippen LogP contribution in [0.25, 0.3) is 0 Å². The number of pyridine rings is 1. The lowest BCUT2D eigenvalue weighted by atomic mass is 10.1. The summed E-state index contributed by atoms with van der Waals surface area (Å²) < 4.78 is 0. The molecule has 2 N–H and O–H groups in total. The Bertz CT molecular complexity index is 256. The van der Waals surface area contributed by atoms with Crippen molar-refractivity contribution in [2.75, 3.05) is 0 Å². The van der Waals surface area contributed by atoms with Crippen LogP contribution >= 0.6 is 0 Å². The van der Waals surface area contributed by atoms with Crippen LogP contribution in [0.15, 0.2) is 37.1 Å². The van der Waals surface area contributed by atoms with Crippen LogP contribution in [0, 0.1) is 0 Å². The third-order valence-electron chi connectivity index (χ3n) is 2.24. The second-order valence-corrected chi connectivity index (χ2v) is 3.49. The Morgan fingerprint density at radius 3 is 2.93 bits per heavy atom. The minimum absolute atomic E-state index is 0.273. The van der Waals surface area contributed by atoms with Crippen molar-refractivity contribution in [3.8, 4) is 0 Å². The molecule has 0 fully saturated rings. The Morgan fingerprint density at radius 2 is 2.29 bits per heavy atom. The summed E-state index contributed by atoms with van der Waals surface area (Å²) in [5, 5.41) is 0. The highest BCUT2D eigenvalue weighted by molar-refractivity contribution is 5.03. The average molecular weight is 190 g/mol. The van der Waals surface area contributed by atoms with Crippen molar-refractivity contribution in [2.24, 2.45) is 5.73 Å². The topological polar surface area (TPSA) is 38.9 Å². The molecule has 0 aliphatic carbocycles. The molecule has 1 aromatic heterocycles. The van der Waals surface area contributed by atoms with E-state index in [9.17, 15) is 0 Å². The number of allylic oxidation sites excluding steroid dienone is 1. The first-order valence-corrected chi connectivity index (χ1v) is 5.09. The molecule has 0 saturated carbocycles. The zero-order valence-electron chi connectivity index (χ0n) is 8.52. The van der Waals surface area contributed by atoms with Crippen LogP contribution in [-0.2, 0) is 6.42 Å². The Hall–Kier alpha value is -1.15. The number of rotatable bonds is 6. The molecule has 76 valence electrons. The Morgan fingerprint density at radius 1 is 1.43 bits per heavy atom. The van der Waals surface area contributed by atoms with Crippen LogP contribution in [0.4, 0.5) is 0 Å². The molecule has 0 aliphatic heterocycles. The summed E-state index contributed by atoms with van der Waals surface area (Å²) in [5.41, 5.74) is 7.06. The molecule has 2 heteroatoms. The maximum atomic E-state index is 5.93. The van der Waals surface area contributed by atoms with Gasteiger partial charge in [-0.15, -0.1) is 6.58 Å². The van der Waals surface area contributed by atoms with Gasteiger partial charge in [0.2, 0.25) is 0 Å². The van der Waals surface area contributed by atoms with E-state index in [1.807, 2.05) is 30.5 Å². The zero-order valence-corrected chi connectivity index (χ0v) is 8.52. The highest BCUT2D eigenvalue weighted by Crippen LogP contribution is 2.04. The zero-order chi connectivity index (χ0) is 10.2. The standard InChI is InChI=1S/C12H18N2/c1-2-3-6-11(13)8-9-12-7-4-5-10-14-12/h2,4-5,7,10-11H,1,3,6,8-9,13H2. The van der Waals surface area contributed by atoms with Crippen LogP contribution in [-0.4, -0.2) is 11.0 Å². The smallest absolute Gasteiger partial charge is 0.0404 e. The molecule has 1 heterocycles. The van der Waals surface area contributed by atoms with E-state index in [4.69, 9.17) is 5.73 Å². The first kappa shape index (κ1) is 10.9. The van der Waals surface area contributed by atoms with Crippen molar-refractivity contribution in [3.63, 3.8) is 0 Å². The first-order valence-electron chi connectivity index (χ1n) is 5.09. The Labute approximate surface area is 85.9 Å². The van der Waals surface area contributed by atoms with E-state index in [2.05, 4.69) is 11.6 Å². The second kappa shape index (κ2) is 6.33. The van der Waals surface area contributed by atoms with Crippen molar-refractivity contribution in [1.29, 1.82) is 0 Å².